The Hall–Kier alpha value is -2.86. The van der Waals surface area contributed by atoms with Crippen LogP contribution in [0.1, 0.15) is 98.6 Å². The summed E-state index contributed by atoms with van der Waals surface area (Å²) in [6.07, 6.45) is 18.9. The first-order valence-corrected chi connectivity index (χ1v) is 13.0. The largest absolute Gasteiger partial charge is 0.0761 e. The van der Waals surface area contributed by atoms with Gasteiger partial charge in [0.15, 0.2) is 0 Å². The van der Waals surface area contributed by atoms with E-state index in [0.717, 1.165) is 0 Å². The fourth-order valence-electron chi connectivity index (χ4n) is 7.07. The molecule has 0 saturated carbocycles. The summed E-state index contributed by atoms with van der Waals surface area (Å²) in [5.41, 5.74) is 9.42. The van der Waals surface area contributed by atoms with E-state index in [4.69, 9.17) is 0 Å². The maximum Gasteiger partial charge on any atom is 0.0137 e. The highest BCUT2D eigenvalue weighted by Crippen LogP contribution is 2.60. The highest BCUT2D eigenvalue weighted by atomic mass is 14.4. The number of hydrogen-bond donors (Lipinski definition) is 0. The third-order valence-corrected chi connectivity index (χ3v) is 8.84. The summed E-state index contributed by atoms with van der Waals surface area (Å²) in [7, 11) is 0. The van der Waals surface area contributed by atoms with Crippen LogP contribution in [-0.2, 0) is 10.8 Å². The number of rotatable bonds is 0. The molecule has 0 radical (unpaired) electrons. The zero-order valence-electron chi connectivity index (χ0n) is 21.2. The van der Waals surface area contributed by atoms with Crippen LogP contribution in [-0.4, -0.2) is 0 Å². The standard InChI is InChI=1S/C34H34/c1-33(2,3)19-15-25-21-11-7-9-13-23(21)30-28-18-20(34(4,5)6)16-26-22-12-8-10-14-24(22)29(32(26)28)27(17-19)31(25)30/h7-18,21-24H,1-6H3. The molecule has 4 unspecified atom stereocenters. The molecule has 0 aromatic heterocycles. The minimum Gasteiger partial charge on any atom is -0.0761 e. The van der Waals surface area contributed by atoms with E-state index in [9.17, 15) is 0 Å². The quantitative estimate of drug-likeness (QED) is 0.304. The molecular formula is C34H34. The molecular weight excluding hydrogens is 408 g/mol. The fourth-order valence-corrected chi connectivity index (χ4v) is 7.07. The third kappa shape index (κ3) is 2.55. The van der Waals surface area contributed by atoms with Crippen LogP contribution in [0.25, 0.3) is 21.5 Å². The van der Waals surface area contributed by atoms with Crippen molar-refractivity contribution in [1.29, 1.82) is 0 Å². The van der Waals surface area contributed by atoms with Gasteiger partial charge in [-0.3, -0.25) is 0 Å². The van der Waals surface area contributed by atoms with Crippen LogP contribution in [0.4, 0.5) is 0 Å². The summed E-state index contributed by atoms with van der Waals surface area (Å²) in [6.45, 7) is 14.2. The van der Waals surface area contributed by atoms with Crippen molar-refractivity contribution in [3.63, 3.8) is 0 Å². The van der Waals surface area contributed by atoms with E-state index < -0.39 is 0 Å². The average molecular weight is 443 g/mol. The van der Waals surface area contributed by atoms with Gasteiger partial charge in [0.1, 0.15) is 0 Å². The van der Waals surface area contributed by atoms with Gasteiger partial charge < -0.3 is 0 Å². The zero-order valence-corrected chi connectivity index (χ0v) is 21.2. The van der Waals surface area contributed by atoms with E-state index in [0.29, 0.717) is 23.7 Å². The molecule has 0 saturated heterocycles. The average Bonchev–Trinajstić information content (AvgIpc) is 3.31. The first-order chi connectivity index (χ1) is 16.1. The Morgan fingerprint density at radius 2 is 0.824 bits per heavy atom. The van der Waals surface area contributed by atoms with Crippen molar-refractivity contribution in [2.45, 2.75) is 76.0 Å². The lowest BCUT2D eigenvalue weighted by molar-refractivity contribution is 0.589. The zero-order chi connectivity index (χ0) is 23.6. The van der Waals surface area contributed by atoms with Gasteiger partial charge >= 0.3 is 0 Å². The Kier molecular flexibility index (Phi) is 3.87. The predicted octanol–water partition coefficient (Wildman–Crippen LogP) is 9.20. The molecule has 3 aromatic rings. The molecule has 0 bridgehead atoms. The van der Waals surface area contributed by atoms with Crippen LogP contribution in [0, 0.1) is 0 Å². The molecule has 0 amide bonds. The second-order valence-electron chi connectivity index (χ2n) is 12.9. The molecule has 4 aliphatic rings. The van der Waals surface area contributed by atoms with E-state index in [1.807, 2.05) is 0 Å². The molecule has 0 N–H and O–H groups in total. The highest BCUT2D eigenvalue weighted by molar-refractivity contribution is 6.13. The van der Waals surface area contributed by atoms with Gasteiger partial charge in [-0.05, 0) is 65.8 Å². The molecule has 4 atom stereocenters. The van der Waals surface area contributed by atoms with Gasteiger partial charge in [-0.2, -0.15) is 0 Å². The van der Waals surface area contributed by atoms with Gasteiger partial charge in [0.25, 0.3) is 0 Å². The minimum atomic E-state index is 0.123. The van der Waals surface area contributed by atoms with Crippen LogP contribution in [0.5, 0.6) is 0 Å². The van der Waals surface area contributed by atoms with Crippen molar-refractivity contribution in [3.05, 3.63) is 106 Å². The lowest BCUT2D eigenvalue weighted by atomic mass is 9.80. The first-order valence-electron chi connectivity index (χ1n) is 13.0. The Balaban J connectivity index is 1.71. The van der Waals surface area contributed by atoms with Crippen molar-refractivity contribution in [3.8, 4) is 0 Å². The summed E-state index contributed by atoms with van der Waals surface area (Å²) in [5, 5.41) is 6.11. The summed E-state index contributed by atoms with van der Waals surface area (Å²) in [6, 6.07) is 10.2. The van der Waals surface area contributed by atoms with Crippen molar-refractivity contribution < 1.29 is 0 Å². The van der Waals surface area contributed by atoms with Crippen LogP contribution < -0.4 is 0 Å². The SMILES string of the molecule is CC(C)(C)c1cc2c3c(c4cc(C(C)(C)C)cc5c4c(c3c1)C1C=CC=CC51)C1C=CC=CC21. The number of fused-ring (bicyclic) bond motifs is 8. The van der Waals surface area contributed by atoms with Gasteiger partial charge in [0.05, 0.1) is 0 Å². The van der Waals surface area contributed by atoms with Crippen molar-refractivity contribution in [2.24, 2.45) is 0 Å². The van der Waals surface area contributed by atoms with E-state index in [2.05, 4.69) is 114 Å². The lowest BCUT2D eigenvalue weighted by Gasteiger charge is -2.24. The van der Waals surface area contributed by atoms with Gasteiger partial charge in [-0.25, -0.2) is 0 Å². The number of hydrogen-bond acceptors (Lipinski definition) is 0. The molecule has 3 aromatic carbocycles. The maximum absolute atomic E-state index is 2.55. The van der Waals surface area contributed by atoms with Crippen LogP contribution in [0.2, 0.25) is 0 Å². The Morgan fingerprint density at radius 1 is 0.471 bits per heavy atom. The van der Waals surface area contributed by atoms with Gasteiger partial charge in [-0.1, -0.05) is 114 Å². The molecule has 0 heterocycles. The van der Waals surface area contributed by atoms with Crippen LogP contribution in [0.15, 0.2) is 72.9 Å². The van der Waals surface area contributed by atoms with E-state index in [1.54, 1.807) is 33.0 Å². The maximum atomic E-state index is 2.55. The van der Waals surface area contributed by atoms with Gasteiger partial charge in [0, 0.05) is 23.7 Å². The Bertz CT molecular complexity index is 1400. The van der Waals surface area contributed by atoms with Crippen LogP contribution in [0.3, 0.4) is 0 Å². The monoisotopic (exact) mass is 442 g/mol. The van der Waals surface area contributed by atoms with Crippen molar-refractivity contribution in [2.75, 3.05) is 0 Å². The molecule has 0 aliphatic heterocycles. The van der Waals surface area contributed by atoms with Crippen LogP contribution >= 0.6 is 0 Å². The van der Waals surface area contributed by atoms with E-state index >= 15 is 0 Å². The number of benzene rings is 3. The van der Waals surface area contributed by atoms with E-state index in [-0.39, 0.29) is 10.8 Å². The lowest BCUT2D eigenvalue weighted by Crippen LogP contribution is -2.12. The normalized spacial score (nSPS) is 26.1. The Morgan fingerprint density at radius 3 is 1.18 bits per heavy atom. The first kappa shape index (κ1) is 20.5. The second-order valence-corrected chi connectivity index (χ2v) is 12.9. The molecule has 4 aliphatic carbocycles. The third-order valence-electron chi connectivity index (χ3n) is 8.84. The molecule has 7 rings (SSSR count). The summed E-state index contributed by atoms with van der Waals surface area (Å²) in [4.78, 5) is 0. The fraction of sp³-hybridized carbons (Fsp3) is 0.353. The molecule has 170 valence electrons. The molecule has 0 fully saturated rings. The molecule has 34 heavy (non-hydrogen) atoms. The molecule has 0 nitrogen and oxygen atoms in total. The van der Waals surface area contributed by atoms with E-state index in [1.165, 1.54) is 21.9 Å². The van der Waals surface area contributed by atoms with Gasteiger partial charge in [-0.15, -0.1) is 0 Å². The van der Waals surface area contributed by atoms with Gasteiger partial charge in [0.2, 0.25) is 0 Å². The summed E-state index contributed by atoms with van der Waals surface area (Å²) in [5.74, 6) is 1.76. The Labute approximate surface area is 203 Å². The topological polar surface area (TPSA) is 0 Å². The highest BCUT2D eigenvalue weighted by Gasteiger charge is 2.41. The molecule has 0 heteroatoms. The summed E-state index contributed by atoms with van der Waals surface area (Å²) < 4.78 is 0. The smallest absolute Gasteiger partial charge is 0.0137 e. The molecule has 0 spiro atoms. The second kappa shape index (κ2) is 6.42. The predicted molar refractivity (Wildman–Crippen MR) is 146 cm³/mol. The minimum absolute atomic E-state index is 0.123. The van der Waals surface area contributed by atoms with Crippen molar-refractivity contribution >= 4 is 21.5 Å². The number of allylic oxidation sites excluding steroid dienone is 8. The van der Waals surface area contributed by atoms with Crippen molar-refractivity contribution in [1.82, 2.24) is 0 Å². The summed E-state index contributed by atoms with van der Waals surface area (Å²) >= 11 is 0.